The maximum atomic E-state index is 12.3. The summed E-state index contributed by atoms with van der Waals surface area (Å²) in [4.78, 5) is 23.0. The molecular weight excluding hydrogens is 470 g/mol. The molecule has 1 aromatic carbocycles. The molecule has 0 fully saturated rings. The summed E-state index contributed by atoms with van der Waals surface area (Å²) in [7, 11) is -3.05. The lowest BCUT2D eigenvalue weighted by Crippen LogP contribution is -2.62. The molecule has 0 radical (unpaired) electrons. The smallest absolute Gasteiger partial charge is 0.494 e. The molecule has 9 nitrogen and oxygen atoms in total. The largest absolute Gasteiger partial charge is 0.524 e. The SMILES string of the molecule is CCO[Si](OCC)(OCC)C(CC)NC(=O)OCCCCCCOc1cccc(/C=C/C(=O)O)c1. The highest BCUT2D eigenvalue weighted by Gasteiger charge is 2.49. The highest BCUT2D eigenvalue weighted by Crippen LogP contribution is 2.18. The van der Waals surface area contributed by atoms with Crippen LogP contribution in [0.15, 0.2) is 30.3 Å². The molecule has 10 heteroatoms. The average molecular weight is 512 g/mol. The van der Waals surface area contributed by atoms with E-state index < -0.39 is 20.9 Å². The van der Waals surface area contributed by atoms with Gasteiger partial charge in [0.15, 0.2) is 0 Å². The van der Waals surface area contributed by atoms with Crippen LogP contribution in [-0.2, 0) is 22.8 Å². The van der Waals surface area contributed by atoms with Gasteiger partial charge in [-0.3, -0.25) is 0 Å². The summed E-state index contributed by atoms with van der Waals surface area (Å²) in [6, 6.07) is 7.29. The van der Waals surface area contributed by atoms with E-state index in [0.29, 0.717) is 45.2 Å². The maximum Gasteiger partial charge on any atom is 0.524 e. The third-order valence-electron chi connectivity index (χ3n) is 4.98. The summed E-state index contributed by atoms with van der Waals surface area (Å²) >= 11 is 0. The number of carboxylic acid groups (broad SMARTS) is 1. The summed E-state index contributed by atoms with van der Waals surface area (Å²) in [5, 5.41) is 11.6. The molecule has 35 heavy (non-hydrogen) atoms. The van der Waals surface area contributed by atoms with Gasteiger partial charge < -0.3 is 33.2 Å². The predicted octanol–water partition coefficient (Wildman–Crippen LogP) is 4.82. The third-order valence-corrected chi connectivity index (χ3v) is 8.46. The Balaban J connectivity index is 2.30. The zero-order valence-corrected chi connectivity index (χ0v) is 22.4. The molecule has 2 N–H and O–H groups in total. The number of carbonyl (C=O) groups is 2. The molecule has 1 rings (SSSR count). The molecule has 0 saturated carbocycles. The first-order chi connectivity index (χ1) is 16.9. The molecule has 0 aliphatic carbocycles. The van der Waals surface area contributed by atoms with Crippen molar-refractivity contribution in [2.45, 2.75) is 65.5 Å². The van der Waals surface area contributed by atoms with Crippen LogP contribution >= 0.6 is 0 Å². The number of hydrogen-bond donors (Lipinski definition) is 2. The minimum atomic E-state index is -3.05. The predicted molar refractivity (Wildman–Crippen MR) is 136 cm³/mol. The number of amides is 1. The molecule has 0 aliphatic heterocycles. The normalized spacial score (nSPS) is 12.5. The van der Waals surface area contributed by atoms with Gasteiger partial charge in [-0.05, 0) is 76.6 Å². The van der Waals surface area contributed by atoms with Crippen molar-refractivity contribution in [2.24, 2.45) is 0 Å². The summed E-state index contributed by atoms with van der Waals surface area (Å²) in [6.45, 7) is 9.81. The molecule has 0 aliphatic rings. The lowest BCUT2D eigenvalue weighted by molar-refractivity contribution is -0.131. The highest BCUT2D eigenvalue weighted by molar-refractivity contribution is 6.62. The number of aliphatic carboxylic acids is 1. The van der Waals surface area contributed by atoms with E-state index in [4.69, 9.17) is 27.9 Å². The Kier molecular flexibility index (Phi) is 15.7. The summed E-state index contributed by atoms with van der Waals surface area (Å²) < 4.78 is 28.8. The van der Waals surface area contributed by atoms with Crippen molar-refractivity contribution in [3.63, 3.8) is 0 Å². The number of carboxylic acids is 1. The minimum Gasteiger partial charge on any atom is -0.494 e. The van der Waals surface area contributed by atoms with Gasteiger partial charge in [0, 0.05) is 25.9 Å². The lowest BCUT2D eigenvalue weighted by atomic mass is 10.2. The van der Waals surface area contributed by atoms with Gasteiger partial charge in [-0.25, -0.2) is 9.59 Å². The molecule has 0 aromatic heterocycles. The van der Waals surface area contributed by atoms with Crippen molar-refractivity contribution in [1.82, 2.24) is 5.32 Å². The molecule has 1 unspecified atom stereocenters. The molecule has 198 valence electrons. The Morgan fingerprint density at radius 1 is 0.971 bits per heavy atom. The fourth-order valence-corrected chi connectivity index (χ4v) is 6.30. The van der Waals surface area contributed by atoms with Crippen LogP contribution < -0.4 is 10.1 Å². The first kappa shape index (κ1) is 30.6. The number of carbonyl (C=O) groups excluding carboxylic acids is 1. The Hall–Kier alpha value is -2.40. The van der Waals surface area contributed by atoms with Gasteiger partial charge in [0.05, 0.1) is 13.2 Å². The summed E-state index contributed by atoms with van der Waals surface area (Å²) in [6.07, 6.45) is 6.21. The fourth-order valence-electron chi connectivity index (χ4n) is 3.44. The summed E-state index contributed by atoms with van der Waals surface area (Å²) in [5.74, 6) is -0.284. The Morgan fingerprint density at radius 3 is 2.17 bits per heavy atom. The van der Waals surface area contributed by atoms with Crippen molar-refractivity contribution >= 4 is 26.9 Å². The fraction of sp³-hybridized carbons (Fsp3) is 0.600. The van der Waals surface area contributed by atoms with Crippen LogP contribution in [0.5, 0.6) is 5.75 Å². The monoisotopic (exact) mass is 511 g/mol. The molecule has 1 aromatic rings. The first-order valence-electron chi connectivity index (χ1n) is 12.4. The standard InChI is InChI=1S/C25H41NO8Si/c1-5-23(35(32-6-2,33-7-3)34-8-4)26-25(29)31-19-12-10-9-11-18-30-22-15-13-14-21(20-22)16-17-24(27)28/h13-17,20,23H,5-12,18-19H2,1-4H3,(H,26,29)(H,27,28)/b17-16+. The molecule has 0 spiro atoms. The highest BCUT2D eigenvalue weighted by atomic mass is 28.4. The van der Waals surface area contributed by atoms with E-state index >= 15 is 0 Å². The Bertz CT molecular complexity index is 757. The molecule has 0 heterocycles. The van der Waals surface area contributed by atoms with Gasteiger partial charge in [0.1, 0.15) is 11.4 Å². The molecule has 0 bridgehead atoms. The van der Waals surface area contributed by atoms with Crippen LogP contribution in [0.25, 0.3) is 6.08 Å². The number of unbranched alkanes of at least 4 members (excludes halogenated alkanes) is 3. The van der Waals surface area contributed by atoms with E-state index in [2.05, 4.69) is 5.32 Å². The second-order valence-electron chi connectivity index (χ2n) is 7.65. The van der Waals surface area contributed by atoms with Crippen LogP contribution in [0.2, 0.25) is 0 Å². The first-order valence-corrected chi connectivity index (χ1v) is 14.2. The third kappa shape index (κ3) is 12.2. The van der Waals surface area contributed by atoms with Gasteiger partial charge in [0.25, 0.3) is 0 Å². The van der Waals surface area contributed by atoms with Crippen LogP contribution in [0, 0.1) is 0 Å². The topological polar surface area (TPSA) is 113 Å². The Morgan fingerprint density at radius 2 is 1.60 bits per heavy atom. The minimum absolute atomic E-state index is 0.327. The molecular formula is C25H41NO8Si. The zero-order valence-electron chi connectivity index (χ0n) is 21.4. The van der Waals surface area contributed by atoms with E-state index in [1.165, 1.54) is 6.08 Å². The van der Waals surface area contributed by atoms with Gasteiger partial charge in [-0.1, -0.05) is 19.1 Å². The number of nitrogens with one attached hydrogen (secondary N) is 1. The lowest BCUT2D eigenvalue weighted by Gasteiger charge is -2.34. The van der Waals surface area contributed by atoms with Crippen molar-refractivity contribution < 1.29 is 37.4 Å². The van der Waals surface area contributed by atoms with E-state index in [-0.39, 0.29) is 5.67 Å². The second-order valence-corrected chi connectivity index (χ2v) is 10.4. The van der Waals surface area contributed by atoms with Crippen molar-refractivity contribution in [1.29, 1.82) is 0 Å². The summed E-state index contributed by atoms with van der Waals surface area (Å²) in [5.41, 5.74) is 0.402. The van der Waals surface area contributed by atoms with Gasteiger partial charge in [-0.2, -0.15) is 0 Å². The van der Waals surface area contributed by atoms with Crippen LogP contribution in [0.1, 0.15) is 65.4 Å². The van der Waals surface area contributed by atoms with E-state index in [1.807, 2.05) is 45.9 Å². The van der Waals surface area contributed by atoms with Crippen LogP contribution in [-0.4, -0.2) is 64.7 Å². The van der Waals surface area contributed by atoms with E-state index in [0.717, 1.165) is 37.3 Å². The van der Waals surface area contributed by atoms with Crippen LogP contribution in [0.3, 0.4) is 0 Å². The quantitative estimate of drug-likeness (QED) is 0.154. The van der Waals surface area contributed by atoms with E-state index in [1.54, 1.807) is 6.07 Å². The van der Waals surface area contributed by atoms with Crippen molar-refractivity contribution in [3.05, 3.63) is 35.9 Å². The number of rotatable bonds is 19. The Labute approximate surface area is 210 Å². The zero-order chi connectivity index (χ0) is 25.9. The number of benzene rings is 1. The van der Waals surface area contributed by atoms with Crippen molar-refractivity contribution in [2.75, 3.05) is 33.0 Å². The van der Waals surface area contributed by atoms with Gasteiger partial charge >= 0.3 is 20.9 Å². The molecule has 1 atom stereocenters. The van der Waals surface area contributed by atoms with Gasteiger partial charge in [-0.15, -0.1) is 0 Å². The average Bonchev–Trinajstić information content (AvgIpc) is 2.83. The van der Waals surface area contributed by atoms with Crippen molar-refractivity contribution in [3.8, 4) is 5.75 Å². The van der Waals surface area contributed by atoms with E-state index in [9.17, 15) is 9.59 Å². The van der Waals surface area contributed by atoms with Crippen LogP contribution in [0.4, 0.5) is 4.79 Å². The molecule has 1 amide bonds. The number of hydrogen-bond acceptors (Lipinski definition) is 7. The van der Waals surface area contributed by atoms with Gasteiger partial charge in [0.2, 0.25) is 0 Å². The number of alkyl carbamates (subject to hydrolysis) is 1. The molecule has 0 saturated heterocycles. The maximum absolute atomic E-state index is 12.3. The second kappa shape index (κ2) is 17.9. The number of ether oxygens (including phenoxy) is 2.